The molecule has 2 aromatic rings. The fourth-order valence-corrected chi connectivity index (χ4v) is 3.77. The molecule has 27 heavy (non-hydrogen) atoms. The number of hydrogen-bond donors (Lipinski definition) is 2. The summed E-state index contributed by atoms with van der Waals surface area (Å²) in [4.78, 5) is 6.85. The van der Waals surface area contributed by atoms with E-state index in [9.17, 15) is 0 Å². The van der Waals surface area contributed by atoms with Crippen LogP contribution in [0.4, 0.5) is 0 Å². The lowest BCUT2D eigenvalue weighted by molar-refractivity contribution is -0.0174. The molecule has 0 bridgehead atoms. The van der Waals surface area contributed by atoms with Gasteiger partial charge in [-0.2, -0.15) is 0 Å². The van der Waals surface area contributed by atoms with E-state index in [0.29, 0.717) is 12.1 Å². The number of benzene rings is 1. The molecular weight excluding hydrogens is 338 g/mol. The molecule has 2 unspecified atom stereocenters. The van der Waals surface area contributed by atoms with Crippen molar-refractivity contribution in [1.82, 2.24) is 20.1 Å². The third-order valence-corrected chi connectivity index (χ3v) is 5.32. The Bertz CT molecular complexity index is 741. The molecule has 0 amide bonds. The van der Waals surface area contributed by atoms with Gasteiger partial charge < -0.3 is 19.9 Å². The third-order valence-electron chi connectivity index (χ3n) is 5.32. The minimum Gasteiger partial charge on any atom is -0.379 e. The van der Waals surface area contributed by atoms with Gasteiger partial charge in [-0.3, -0.25) is 9.89 Å². The molecule has 0 aliphatic carbocycles. The van der Waals surface area contributed by atoms with Crippen LogP contribution in [0.2, 0.25) is 0 Å². The zero-order chi connectivity index (χ0) is 19.1. The monoisotopic (exact) mass is 371 g/mol. The molecule has 0 radical (unpaired) electrons. The lowest BCUT2D eigenvalue weighted by Gasteiger charge is -2.38. The van der Waals surface area contributed by atoms with Gasteiger partial charge in [-0.25, -0.2) is 0 Å². The maximum atomic E-state index is 5.53. The number of aryl methyl sites for hydroxylation is 1. The first-order valence-corrected chi connectivity index (χ1v) is 10.0. The molecule has 0 spiro atoms. The van der Waals surface area contributed by atoms with Gasteiger partial charge in [0.05, 0.1) is 13.2 Å². The Labute approximate surface area is 162 Å². The van der Waals surface area contributed by atoms with Crippen molar-refractivity contribution in [3.05, 3.63) is 36.5 Å². The number of guanidine groups is 1. The van der Waals surface area contributed by atoms with Crippen molar-refractivity contribution in [2.75, 3.05) is 39.9 Å². The van der Waals surface area contributed by atoms with Crippen LogP contribution >= 0.6 is 0 Å². The highest BCUT2D eigenvalue weighted by Gasteiger charge is 2.23. The average Bonchev–Trinajstić information content (AvgIpc) is 3.11. The summed E-state index contributed by atoms with van der Waals surface area (Å²) in [5.41, 5.74) is 1.30. The van der Waals surface area contributed by atoms with Gasteiger partial charge >= 0.3 is 0 Å². The summed E-state index contributed by atoms with van der Waals surface area (Å²) in [6, 6.07) is 11.6. The normalized spacial score (nSPS) is 20.0. The molecule has 2 N–H and O–H groups in total. The van der Waals surface area contributed by atoms with E-state index in [1.807, 2.05) is 7.05 Å². The van der Waals surface area contributed by atoms with Crippen molar-refractivity contribution in [3.8, 4) is 0 Å². The van der Waals surface area contributed by atoms with Gasteiger partial charge in [0.2, 0.25) is 0 Å². The van der Waals surface area contributed by atoms with E-state index < -0.39 is 0 Å². The van der Waals surface area contributed by atoms with Crippen LogP contribution in [0.15, 0.2) is 41.5 Å². The number of aromatic nitrogens is 1. The Morgan fingerprint density at radius 1 is 1.30 bits per heavy atom. The first-order valence-electron chi connectivity index (χ1n) is 10.0. The quantitative estimate of drug-likeness (QED) is 0.446. The Morgan fingerprint density at radius 2 is 2.15 bits per heavy atom. The number of hydrogen-bond acceptors (Lipinski definition) is 3. The number of para-hydroxylation sites is 1. The van der Waals surface area contributed by atoms with E-state index in [1.165, 1.54) is 10.9 Å². The Kier molecular flexibility index (Phi) is 7.12. The topological polar surface area (TPSA) is 53.8 Å². The molecule has 2 heterocycles. The molecule has 6 nitrogen and oxygen atoms in total. The first kappa shape index (κ1) is 19.7. The number of aliphatic imine (C=N–C) groups is 1. The molecule has 148 valence electrons. The van der Waals surface area contributed by atoms with Gasteiger partial charge in [0, 0.05) is 57.0 Å². The fraction of sp³-hybridized carbons (Fsp3) is 0.571. The van der Waals surface area contributed by atoms with Crippen LogP contribution in [-0.4, -0.2) is 67.4 Å². The van der Waals surface area contributed by atoms with E-state index in [4.69, 9.17) is 4.74 Å². The summed E-state index contributed by atoms with van der Waals surface area (Å²) >= 11 is 0. The summed E-state index contributed by atoms with van der Waals surface area (Å²) in [6.07, 6.45) is 3.22. The summed E-state index contributed by atoms with van der Waals surface area (Å²) in [5.74, 6) is 0.875. The van der Waals surface area contributed by atoms with Gasteiger partial charge in [0.1, 0.15) is 0 Å². The Hall–Kier alpha value is -2.05. The van der Waals surface area contributed by atoms with Crippen molar-refractivity contribution in [2.24, 2.45) is 4.99 Å². The van der Waals surface area contributed by atoms with Crippen LogP contribution < -0.4 is 10.6 Å². The predicted molar refractivity (Wildman–Crippen MR) is 112 cm³/mol. The maximum Gasteiger partial charge on any atom is 0.191 e. The maximum absolute atomic E-state index is 5.53. The zero-order valence-corrected chi connectivity index (χ0v) is 16.8. The van der Waals surface area contributed by atoms with Crippen LogP contribution in [0.5, 0.6) is 0 Å². The van der Waals surface area contributed by atoms with E-state index in [1.54, 1.807) is 0 Å². The number of nitrogens with zero attached hydrogens (tertiary/aromatic N) is 3. The first-order chi connectivity index (χ1) is 13.2. The molecule has 1 saturated heterocycles. The minimum absolute atomic E-state index is 0.452. The van der Waals surface area contributed by atoms with Crippen LogP contribution in [0.1, 0.15) is 20.3 Å². The minimum atomic E-state index is 0.452. The van der Waals surface area contributed by atoms with Crippen LogP contribution in [0, 0.1) is 0 Å². The molecular formula is C21H33N5O. The van der Waals surface area contributed by atoms with Gasteiger partial charge in [0.15, 0.2) is 5.96 Å². The van der Waals surface area contributed by atoms with Gasteiger partial charge in [-0.1, -0.05) is 18.2 Å². The lowest BCUT2D eigenvalue weighted by Crippen LogP contribution is -2.53. The predicted octanol–water partition coefficient (Wildman–Crippen LogP) is 2.31. The highest BCUT2D eigenvalue weighted by molar-refractivity contribution is 5.80. The molecule has 3 rings (SSSR count). The average molecular weight is 372 g/mol. The highest BCUT2D eigenvalue weighted by atomic mass is 16.5. The number of nitrogens with one attached hydrogen (secondary N) is 2. The van der Waals surface area contributed by atoms with Crippen LogP contribution in [0.3, 0.4) is 0 Å². The van der Waals surface area contributed by atoms with Crippen molar-refractivity contribution < 1.29 is 4.74 Å². The van der Waals surface area contributed by atoms with Crippen LogP contribution in [-0.2, 0) is 11.3 Å². The highest BCUT2D eigenvalue weighted by Crippen LogP contribution is 2.15. The van der Waals surface area contributed by atoms with Crippen molar-refractivity contribution in [3.63, 3.8) is 0 Å². The van der Waals surface area contributed by atoms with E-state index in [0.717, 1.165) is 51.8 Å². The summed E-state index contributed by atoms with van der Waals surface area (Å²) in [6.45, 7) is 9.93. The van der Waals surface area contributed by atoms with Crippen molar-refractivity contribution in [1.29, 1.82) is 0 Å². The summed E-state index contributed by atoms with van der Waals surface area (Å²) in [7, 11) is 1.83. The van der Waals surface area contributed by atoms with Crippen molar-refractivity contribution >= 4 is 16.9 Å². The van der Waals surface area contributed by atoms with Gasteiger partial charge in [-0.15, -0.1) is 0 Å². The molecule has 0 saturated carbocycles. The lowest BCUT2D eigenvalue weighted by atomic mass is 10.2. The number of rotatable bonds is 7. The SMILES string of the molecule is CN=C(NCCCn1ccc2ccccc21)NCC(C)N1CCOCC1C. The summed E-state index contributed by atoms with van der Waals surface area (Å²) < 4.78 is 7.85. The second kappa shape index (κ2) is 9.76. The number of morpholine rings is 1. The Balaban J connectivity index is 1.39. The van der Waals surface area contributed by atoms with E-state index in [-0.39, 0.29) is 0 Å². The zero-order valence-electron chi connectivity index (χ0n) is 16.8. The van der Waals surface area contributed by atoms with Crippen molar-refractivity contribution in [2.45, 2.75) is 38.9 Å². The number of fused-ring (bicyclic) bond motifs is 1. The smallest absolute Gasteiger partial charge is 0.191 e. The third kappa shape index (κ3) is 5.23. The van der Waals surface area contributed by atoms with Crippen LogP contribution in [0.25, 0.3) is 10.9 Å². The number of ether oxygens (including phenoxy) is 1. The molecule has 1 aromatic heterocycles. The van der Waals surface area contributed by atoms with Gasteiger partial charge in [-0.05, 0) is 37.8 Å². The molecule has 1 aromatic carbocycles. The Morgan fingerprint density at radius 3 is 2.96 bits per heavy atom. The molecule has 2 atom stereocenters. The largest absolute Gasteiger partial charge is 0.379 e. The summed E-state index contributed by atoms with van der Waals surface area (Å²) in [5, 5.41) is 8.19. The molecule has 6 heteroatoms. The standard InChI is InChI=1S/C21H33N5O/c1-17(26-13-14-27-16-18(26)2)15-24-21(22-3)23-10-6-11-25-12-9-19-7-4-5-8-20(19)25/h4-5,7-9,12,17-18H,6,10-11,13-16H2,1-3H3,(H2,22,23,24). The second-order valence-corrected chi connectivity index (χ2v) is 7.31. The van der Waals surface area contributed by atoms with E-state index >= 15 is 0 Å². The fourth-order valence-electron chi connectivity index (χ4n) is 3.77. The van der Waals surface area contributed by atoms with Gasteiger partial charge in [0.25, 0.3) is 0 Å². The molecule has 1 aliphatic rings. The molecule has 1 fully saturated rings. The van der Waals surface area contributed by atoms with E-state index in [2.05, 4.69) is 75.5 Å². The second-order valence-electron chi connectivity index (χ2n) is 7.31. The molecule has 1 aliphatic heterocycles.